The van der Waals surface area contributed by atoms with Gasteiger partial charge in [0.2, 0.25) is 0 Å². The Morgan fingerprint density at radius 1 is 1.13 bits per heavy atom. The van der Waals surface area contributed by atoms with Gasteiger partial charge in [-0.15, -0.1) is 0 Å². The van der Waals surface area contributed by atoms with Gasteiger partial charge in [0.25, 0.3) is 5.91 Å². The fraction of sp³-hybridized carbons (Fsp3) is 0.222. The fourth-order valence-electron chi connectivity index (χ4n) is 2.22. The van der Waals surface area contributed by atoms with Crippen molar-refractivity contribution in [3.63, 3.8) is 0 Å². The van der Waals surface area contributed by atoms with E-state index in [1.165, 1.54) is 0 Å². The van der Waals surface area contributed by atoms with Crippen LogP contribution in [-0.2, 0) is 0 Å². The molecule has 5 heteroatoms. The van der Waals surface area contributed by atoms with Crippen LogP contribution in [0.25, 0.3) is 0 Å². The maximum atomic E-state index is 12.2. The molecule has 23 heavy (non-hydrogen) atoms. The molecule has 0 aromatic heterocycles. The van der Waals surface area contributed by atoms with Gasteiger partial charge >= 0.3 is 0 Å². The minimum atomic E-state index is -0.243. The zero-order valence-electron chi connectivity index (χ0n) is 13.2. The monoisotopic (exact) mass is 328 g/mol. The van der Waals surface area contributed by atoms with E-state index in [9.17, 15) is 4.79 Å². The highest BCUT2D eigenvalue weighted by Gasteiger charge is 2.13. The average Bonchev–Trinajstić information content (AvgIpc) is 2.60. The molecule has 0 saturated heterocycles. The lowest BCUT2D eigenvalue weighted by atomic mass is 10.1. The van der Waals surface area contributed by atoms with Crippen LogP contribution in [0.15, 0.2) is 54.6 Å². The van der Waals surface area contributed by atoms with Crippen molar-refractivity contribution in [2.75, 3.05) is 7.11 Å². The first-order valence-corrected chi connectivity index (χ1v) is 7.85. The lowest BCUT2D eigenvalue weighted by molar-refractivity contribution is 0.0976. The van der Waals surface area contributed by atoms with Gasteiger partial charge in [-0.2, -0.15) is 0 Å². The van der Waals surface area contributed by atoms with Gasteiger partial charge in [0.1, 0.15) is 5.75 Å². The molecule has 0 aliphatic rings. The predicted molar refractivity (Wildman–Crippen MR) is 95.7 cm³/mol. The molecule has 0 aliphatic heterocycles. The quantitative estimate of drug-likeness (QED) is 0.826. The van der Waals surface area contributed by atoms with Crippen LogP contribution < -0.4 is 15.4 Å². The summed E-state index contributed by atoms with van der Waals surface area (Å²) in [5.41, 5.74) is 1.67. The molecule has 1 amide bonds. The Balaban J connectivity index is 1.96. The Hall–Kier alpha value is -2.40. The second-order valence-corrected chi connectivity index (χ2v) is 5.44. The van der Waals surface area contributed by atoms with E-state index in [0.29, 0.717) is 16.4 Å². The smallest absolute Gasteiger partial charge is 0.257 e. The normalized spacial score (nSPS) is 11.4. The second kappa shape index (κ2) is 8.29. The van der Waals surface area contributed by atoms with E-state index in [0.717, 1.165) is 12.0 Å². The standard InChI is InChI=1S/C18H20N2O2S/c1-3-16(13-7-5-4-6-8-13)19-18(23)20-17(21)14-9-11-15(22-2)12-10-14/h4-12,16H,3H2,1-2H3,(H2,19,20,21,23). The fourth-order valence-corrected chi connectivity index (χ4v) is 2.45. The molecule has 1 unspecified atom stereocenters. The number of rotatable bonds is 5. The second-order valence-electron chi connectivity index (χ2n) is 5.03. The summed E-state index contributed by atoms with van der Waals surface area (Å²) < 4.78 is 5.08. The molecule has 120 valence electrons. The van der Waals surface area contributed by atoms with E-state index >= 15 is 0 Å². The number of carbonyl (C=O) groups is 1. The van der Waals surface area contributed by atoms with Crippen LogP contribution in [-0.4, -0.2) is 18.1 Å². The van der Waals surface area contributed by atoms with Gasteiger partial charge in [-0.25, -0.2) is 0 Å². The summed E-state index contributed by atoms with van der Waals surface area (Å²) in [4.78, 5) is 12.2. The molecule has 0 heterocycles. The Kier molecular flexibility index (Phi) is 6.11. The maximum absolute atomic E-state index is 12.2. The van der Waals surface area contributed by atoms with Crippen molar-refractivity contribution in [1.29, 1.82) is 0 Å². The summed E-state index contributed by atoms with van der Waals surface area (Å²) >= 11 is 5.25. The number of thiocarbonyl (C=S) groups is 1. The highest BCUT2D eigenvalue weighted by molar-refractivity contribution is 7.80. The van der Waals surface area contributed by atoms with Crippen LogP contribution in [0.5, 0.6) is 5.75 Å². The van der Waals surface area contributed by atoms with E-state index in [-0.39, 0.29) is 11.9 Å². The first kappa shape index (κ1) is 17.0. The Labute approximate surface area is 141 Å². The van der Waals surface area contributed by atoms with Crippen molar-refractivity contribution < 1.29 is 9.53 Å². The summed E-state index contributed by atoms with van der Waals surface area (Å²) in [6.07, 6.45) is 0.864. The van der Waals surface area contributed by atoms with Crippen molar-refractivity contribution >= 4 is 23.2 Å². The largest absolute Gasteiger partial charge is 0.497 e. The van der Waals surface area contributed by atoms with Gasteiger partial charge in [-0.1, -0.05) is 37.3 Å². The number of benzene rings is 2. The van der Waals surface area contributed by atoms with Crippen LogP contribution in [0.1, 0.15) is 35.3 Å². The van der Waals surface area contributed by atoms with Crippen LogP contribution in [0.3, 0.4) is 0 Å². The highest BCUT2D eigenvalue weighted by atomic mass is 32.1. The van der Waals surface area contributed by atoms with E-state index in [2.05, 4.69) is 17.6 Å². The lowest BCUT2D eigenvalue weighted by Gasteiger charge is -2.19. The number of hydrogen-bond donors (Lipinski definition) is 2. The molecule has 2 rings (SSSR count). The summed E-state index contributed by atoms with van der Waals surface area (Å²) in [7, 11) is 1.59. The average molecular weight is 328 g/mol. The molecule has 2 N–H and O–H groups in total. The molecule has 0 bridgehead atoms. The predicted octanol–water partition coefficient (Wildman–Crippen LogP) is 3.45. The van der Waals surface area contributed by atoms with Gasteiger partial charge in [0.05, 0.1) is 13.2 Å². The summed E-state index contributed by atoms with van der Waals surface area (Å²) in [5.74, 6) is 0.463. The number of nitrogens with one attached hydrogen (secondary N) is 2. The zero-order chi connectivity index (χ0) is 16.7. The van der Waals surface area contributed by atoms with Crippen molar-refractivity contribution in [3.05, 3.63) is 65.7 Å². The lowest BCUT2D eigenvalue weighted by Crippen LogP contribution is -2.40. The summed E-state index contributed by atoms with van der Waals surface area (Å²) in [5, 5.41) is 6.21. The van der Waals surface area contributed by atoms with Crippen molar-refractivity contribution in [3.8, 4) is 5.75 Å². The molecule has 2 aromatic carbocycles. The number of ether oxygens (including phenoxy) is 1. The highest BCUT2D eigenvalue weighted by Crippen LogP contribution is 2.16. The van der Waals surface area contributed by atoms with Crippen molar-refractivity contribution in [1.82, 2.24) is 10.6 Å². The van der Waals surface area contributed by atoms with Gasteiger partial charge < -0.3 is 10.1 Å². The Morgan fingerprint density at radius 2 is 1.78 bits per heavy atom. The topological polar surface area (TPSA) is 50.4 Å². The van der Waals surface area contributed by atoms with E-state index in [1.807, 2.05) is 30.3 Å². The van der Waals surface area contributed by atoms with Gasteiger partial charge in [0.15, 0.2) is 5.11 Å². The van der Waals surface area contributed by atoms with Crippen LogP contribution in [0.4, 0.5) is 0 Å². The first-order chi connectivity index (χ1) is 11.1. The third-order valence-electron chi connectivity index (χ3n) is 3.49. The Morgan fingerprint density at radius 3 is 2.35 bits per heavy atom. The number of amides is 1. The van der Waals surface area contributed by atoms with Crippen molar-refractivity contribution in [2.45, 2.75) is 19.4 Å². The molecule has 0 aliphatic carbocycles. The number of methoxy groups -OCH3 is 1. The summed E-state index contributed by atoms with van der Waals surface area (Å²) in [6, 6.07) is 17.0. The van der Waals surface area contributed by atoms with Crippen LogP contribution in [0.2, 0.25) is 0 Å². The van der Waals surface area contributed by atoms with E-state index in [1.54, 1.807) is 31.4 Å². The van der Waals surface area contributed by atoms with Gasteiger partial charge in [0, 0.05) is 5.56 Å². The maximum Gasteiger partial charge on any atom is 0.257 e. The molecule has 0 radical (unpaired) electrons. The summed E-state index contributed by atoms with van der Waals surface area (Å²) in [6.45, 7) is 2.07. The number of hydrogen-bond acceptors (Lipinski definition) is 3. The van der Waals surface area contributed by atoms with E-state index < -0.39 is 0 Å². The molecule has 0 spiro atoms. The molecule has 2 aromatic rings. The zero-order valence-corrected chi connectivity index (χ0v) is 14.0. The van der Waals surface area contributed by atoms with Gasteiger partial charge in [-0.05, 0) is 48.5 Å². The molecule has 1 atom stereocenters. The SMILES string of the molecule is CCC(NC(=S)NC(=O)c1ccc(OC)cc1)c1ccccc1. The minimum absolute atomic E-state index is 0.0693. The molecular formula is C18H20N2O2S. The molecule has 0 saturated carbocycles. The van der Waals surface area contributed by atoms with Crippen LogP contribution >= 0.6 is 12.2 Å². The third-order valence-corrected chi connectivity index (χ3v) is 3.71. The molecule has 4 nitrogen and oxygen atoms in total. The van der Waals surface area contributed by atoms with E-state index in [4.69, 9.17) is 17.0 Å². The van der Waals surface area contributed by atoms with Gasteiger partial charge in [-0.3, -0.25) is 10.1 Å². The minimum Gasteiger partial charge on any atom is -0.497 e. The Bertz CT molecular complexity index is 656. The first-order valence-electron chi connectivity index (χ1n) is 7.45. The molecule has 0 fully saturated rings. The third kappa shape index (κ3) is 4.79. The number of carbonyl (C=O) groups excluding carboxylic acids is 1. The van der Waals surface area contributed by atoms with Crippen LogP contribution in [0, 0.1) is 0 Å². The van der Waals surface area contributed by atoms with Crippen molar-refractivity contribution in [2.24, 2.45) is 0 Å². The molecular weight excluding hydrogens is 308 g/mol.